The Morgan fingerprint density at radius 3 is 2.67 bits per heavy atom. The van der Waals surface area contributed by atoms with Crippen LogP contribution in [0.1, 0.15) is 36.2 Å². The van der Waals surface area contributed by atoms with Gasteiger partial charge in [-0.05, 0) is 50.2 Å². The molecule has 1 aromatic heterocycles. The number of carbonyl (C=O) groups is 1. The first kappa shape index (κ1) is 18.7. The van der Waals surface area contributed by atoms with E-state index in [2.05, 4.69) is 15.3 Å². The second-order valence-electron chi connectivity index (χ2n) is 5.47. The van der Waals surface area contributed by atoms with Gasteiger partial charge in [-0.3, -0.25) is 14.6 Å². The van der Waals surface area contributed by atoms with Crippen LogP contribution in [0.5, 0.6) is 0 Å². The molecular formula is C16H17Cl2N3O2S. The SMILES string of the molecule is Cc1[nH]c(=S)[nH]c(=O)c1CCC(=O)N[C@H](C)c1ccc(Cl)cc1Cl. The molecule has 24 heavy (non-hydrogen) atoms. The molecule has 0 aliphatic carbocycles. The molecule has 2 aromatic rings. The fraction of sp³-hybridized carbons (Fsp3) is 0.312. The highest BCUT2D eigenvalue weighted by atomic mass is 35.5. The summed E-state index contributed by atoms with van der Waals surface area (Å²) < 4.78 is 0.275. The molecule has 0 aliphatic rings. The van der Waals surface area contributed by atoms with Crippen LogP contribution in [0.2, 0.25) is 10.0 Å². The minimum atomic E-state index is -0.266. The van der Waals surface area contributed by atoms with Crippen LogP contribution in [0.25, 0.3) is 0 Å². The standard InChI is InChI=1S/C16H17Cl2N3O2S/c1-8(11-4-3-10(17)7-13(11)18)19-14(22)6-5-12-9(2)20-16(24)21-15(12)23/h3-4,7-8H,5-6H2,1-2H3,(H,19,22)(H2,20,21,23,24)/t8-/m1/s1. The van der Waals surface area contributed by atoms with Crippen molar-refractivity contribution in [1.82, 2.24) is 15.3 Å². The number of benzene rings is 1. The Labute approximate surface area is 154 Å². The van der Waals surface area contributed by atoms with Crippen molar-refractivity contribution in [2.75, 3.05) is 0 Å². The lowest BCUT2D eigenvalue weighted by Gasteiger charge is -2.16. The van der Waals surface area contributed by atoms with Crippen LogP contribution in [0.4, 0.5) is 0 Å². The smallest absolute Gasteiger partial charge is 0.255 e. The Morgan fingerprint density at radius 1 is 1.33 bits per heavy atom. The maximum Gasteiger partial charge on any atom is 0.255 e. The number of aryl methyl sites for hydroxylation is 1. The van der Waals surface area contributed by atoms with E-state index in [0.717, 1.165) is 5.56 Å². The average molecular weight is 386 g/mol. The van der Waals surface area contributed by atoms with E-state index < -0.39 is 0 Å². The van der Waals surface area contributed by atoms with Crippen LogP contribution < -0.4 is 10.9 Å². The van der Waals surface area contributed by atoms with E-state index in [4.69, 9.17) is 35.4 Å². The van der Waals surface area contributed by atoms with Crippen molar-refractivity contribution < 1.29 is 4.79 Å². The van der Waals surface area contributed by atoms with Crippen LogP contribution in [0.3, 0.4) is 0 Å². The average Bonchev–Trinajstić information content (AvgIpc) is 2.45. The van der Waals surface area contributed by atoms with Gasteiger partial charge in [0.05, 0.1) is 6.04 Å². The Hall–Kier alpha value is -1.63. The Kier molecular flexibility index (Phi) is 6.21. The predicted octanol–water partition coefficient (Wildman–Crippen LogP) is 3.86. The molecule has 128 valence electrons. The third-order valence-corrected chi connectivity index (χ3v) is 4.43. The van der Waals surface area contributed by atoms with Crippen molar-refractivity contribution in [3.05, 3.63) is 60.2 Å². The second kappa shape index (κ2) is 7.96. The number of carbonyl (C=O) groups excluding carboxylic acids is 1. The molecule has 8 heteroatoms. The van der Waals surface area contributed by atoms with Crippen LogP contribution in [0.15, 0.2) is 23.0 Å². The van der Waals surface area contributed by atoms with Crippen molar-refractivity contribution in [3.63, 3.8) is 0 Å². The van der Waals surface area contributed by atoms with Gasteiger partial charge in [-0.25, -0.2) is 0 Å². The van der Waals surface area contributed by atoms with Crippen LogP contribution >= 0.6 is 35.4 Å². The zero-order valence-corrected chi connectivity index (χ0v) is 15.5. The number of amides is 1. The van der Waals surface area contributed by atoms with Gasteiger partial charge in [0.15, 0.2) is 4.77 Å². The normalized spacial score (nSPS) is 12.0. The molecular weight excluding hydrogens is 369 g/mol. The van der Waals surface area contributed by atoms with E-state index in [1.807, 2.05) is 6.92 Å². The molecule has 0 bridgehead atoms. The molecule has 1 amide bonds. The highest BCUT2D eigenvalue weighted by Gasteiger charge is 2.14. The maximum atomic E-state index is 12.1. The van der Waals surface area contributed by atoms with Crippen molar-refractivity contribution in [1.29, 1.82) is 0 Å². The lowest BCUT2D eigenvalue weighted by molar-refractivity contribution is -0.121. The summed E-state index contributed by atoms with van der Waals surface area (Å²) in [6.07, 6.45) is 0.504. The summed E-state index contributed by atoms with van der Waals surface area (Å²) in [6, 6.07) is 4.88. The first-order chi connectivity index (χ1) is 11.3. The molecule has 0 aliphatic heterocycles. The number of H-pyrrole nitrogens is 2. The Balaban J connectivity index is 2.01. The predicted molar refractivity (Wildman–Crippen MR) is 98.3 cm³/mol. The van der Waals surface area contributed by atoms with Gasteiger partial charge < -0.3 is 10.3 Å². The number of aromatic nitrogens is 2. The third kappa shape index (κ3) is 4.69. The summed E-state index contributed by atoms with van der Waals surface area (Å²) in [4.78, 5) is 29.4. The Bertz CT molecular complexity index is 876. The first-order valence-electron chi connectivity index (χ1n) is 7.34. The quantitative estimate of drug-likeness (QED) is 0.683. The summed E-state index contributed by atoms with van der Waals surface area (Å²) in [5.74, 6) is -0.172. The van der Waals surface area contributed by atoms with E-state index in [0.29, 0.717) is 27.7 Å². The fourth-order valence-corrected chi connectivity index (χ4v) is 3.23. The largest absolute Gasteiger partial charge is 0.350 e. The lowest BCUT2D eigenvalue weighted by Crippen LogP contribution is -2.28. The highest BCUT2D eigenvalue weighted by Crippen LogP contribution is 2.26. The summed E-state index contributed by atoms with van der Waals surface area (Å²) in [7, 11) is 0. The number of rotatable bonds is 5. The molecule has 0 saturated carbocycles. The van der Waals surface area contributed by atoms with E-state index in [1.54, 1.807) is 25.1 Å². The first-order valence-corrected chi connectivity index (χ1v) is 8.50. The van der Waals surface area contributed by atoms with E-state index in [9.17, 15) is 9.59 Å². The van der Waals surface area contributed by atoms with Crippen molar-refractivity contribution >= 4 is 41.3 Å². The number of nitrogens with one attached hydrogen (secondary N) is 3. The molecule has 1 heterocycles. The number of hydrogen-bond acceptors (Lipinski definition) is 3. The fourth-order valence-electron chi connectivity index (χ4n) is 2.41. The summed E-state index contributed by atoms with van der Waals surface area (Å²) in [6.45, 7) is 3.60. The van der Waals surface area contributed by atoms with Gasteiger partial charge in [0.25, 0.3) is 5.56 Å². The molecule has 0 radical (unpaired) electrons. The van der Waals surface area contributed by atoms with Gasteiger partial charge in [0.1, 0.15) is 0 Å². The van der Waals surface area contributed by atoms with E-state index in [1.165, 1.54) is 0 Å². The highest BCUT2D eigenvalue weighted by molar-refractivity contribution is 7.71. The van der Waals surface area contributed by atoms with E-state index in [-0.39, 0.29) is 28.7 Å². The van der Waals surface area contributed by atoms with Gasteiger partial charge in [0, 0.05) is 27.7 Å². The molecule has 0 spiro atoms. The van der Waals surface area contributed by atoms with Gasteiger partial charge in [-0.1, -0.05) is 29.3 Å². The minimum Gasteiger partial charge on any atom is -0.350 e. The van der Waals surface area contributed by atoms with Gasteiger partial charge >= 0.3 is 0 Å². The van der Waals surface area contributed by atoms with Crippen LogP contribution in [-0.4, -0.2) is 15.9 Å². The van der Waals surface area contributed by atoms with E-state index >= 15 is 0 Å². The topological polar surface area (TPSA) is 77.8 Å². The zero-order valence-electron chi connectivity index (χ0n) is 13.2. The van der Waals surface area contributed by atoms with Crippen molar-refractivity contribution in [3.8, 4) is 0 Å². The maximum absolute atomic E-state index is 12.1. The van der Waals surface area contributed by atoms with Gasteiger partial charge in [0.2, 0.25) is 5.91 Å². The molecule has 0 fully saturated rings. The molecule has 3 N–H and O–H groups in total. The molecule has 1 atom stereocenters. The molecule has 5 nitrogen and oxygen atoms in total. The van der Waals surface area contributed by atoms with Crippen molar-refractivity contribution in [2.24, 2.45) is 0 Å². The minimum absolute atomic E-state index is 0.172. The summed E-state index contributed by atoms with van der Waals surface area (Å²) in [5.41, 5.74) is 1.71. The number of halogens is 2. The van der Waals surface area contributed by atoms with Crippen LogP contribution in [0, 0.1) is 11.7 Å². The van der Waals surface area contributed by atoms with Gasteiger partial charge in [-0.15, -0.1) is 0 Å². The zero-order chi connectivity index (χ0) is 17.9. The van der Waals surface area contributed by atoms with Gasteiger partial charge in [-0.2, -0.15) is 0 Å². The number of aromatic amines is 2. The third-order valence-electron chi connectivity index (χ3n) is 3.66. The Morgan fingerprint density at radius 2 is 2.04 bits per heavy atom. The second-order valence-corrected chi connectivity index (χ2v) is 6.72. The molecule has 2 rings (SSSR count). The van der Waals surface area contributed by atoms with Crippen LogP contribution in [-0.2, 0) is 11.2 Å². The monoisotopic (exact) mass is 385 g/mol. The lowest BCUT2D eigenvalue weighted by atomic mass is 10.1. The van der Waals surface area contributed by atoms with Crippen molar-refractivity contribution in [2.45, 2.75) is 32.7 Å². The summed E-state index contributed by atoms with van der Waals surface area (Å²) in [5, 5.41) is 3.91. The summed E-state index contributed by atoms with van der Waals surface area (Å²) >= 11 is 16.9. The molecule has 0 saturated heterocycles. The molecule has 0 unspecified atom stereocenters. The molecule has 1 aromatic carbocycles. The number of hydrogen-bond donors (Lipinski definition) is 3.